The zero-order chi connectivity index (χ0) is 13.3. The van der Waals surface area contributed by atoms with Crippen LogP contribution in [0.3, 0.4) is 0 Å². The average Bonchev–Trinajstić information content (AvgIpc) is 2.29. The van der Waals surface area contributed by atoms with Crippen molar-refractivity contribution in [2.75, 3.05) is 6.54 Å². The molecule has 2 N–H and O–H groups in total. The first-order chi connectivity index (χ1) is 8.71. The SMILES string of the molecule is CCCCCCCCCCNC1(C(=O)O)CCC1. The van der Waals surface area contributed by atoms with Gasteiger partial charge in [-0.2, -0.15) is 0 Å². The van der Waals surface area contributed by atoms with Gasteiger partial charge in [0.1, 0.15) is 5.54 Å². The molecule has 0 saturated heterocycles. The van der Waals surface area contributed by atoms with Gasteiger partial charge in [-0.1, -0.05) is 51.9 Å². The van der Waals surface area contributed by atoms with Crippen LogP contribution in [0.5, 0.6) is 0 Å². The van der Waals surface area contributed by atoms with Crippen molar-refractivity contribution in [2.24, 2.45) is 0 Å². The Hall–Kier alpha value is -0.570. The Labute approximate surface area is 111 Å². The Morgan fingerprint density at radius 1 is 1.06 bits per heavy atom. The molecule has 0 aromatic carbocycles. The van der Waals surface area contributed by atoms with Gasteiger partial charge >= 0.3 is 5.97 Å². The highest BCUT2D eigenvalue weighted by Gasteiger charge is 2.43. The molecule has 0 aromatic rings. The second-order valence-electron chi connectivity index (χ2n) is 5.64. The normalized spacial score (nSPS) is 17.4. The summed E-state index contributed by atoms with van der Waals surface area (Å²) < 4.78 is 0. The minimum absolute atomic E-state index is 0.568. The smallest absolute Gasteiger partial charge is 0.323 e. The van der Waals surface area contributed by atoms with Crippen molar-refractivity contribution in [3.8, 4) is 0 Å². The van der Waals surface area contributed by atoms with Crippen LogP contribution >= 0.6 is 0 Å². The van der Waals surface area contributed by atoms with Crippen LogP contribution in [0.25, 0.3) is 0 Å². The molecule has 1 aliphatic carbocycles. The zero-order valence-corrected chi connectivity index (χ0v) is 11.8. The van der Waals surface area contributed by atoms with E-state index in [2.05, 4.69) is 12.2 Å². The molecule has 18 heavy (non-hydrogen) atoms. The van der Waals surface area contributed by atoms with Gasteiger partial charge in [0.2, 0.25) is 0 Å². The minimum atomic E-state index is -0.659. The topological polar surface area (TPSA) is 49.3 Å². The van der Waals surface area contributed by atoms with Crippen LogP contribution in [-0.2, 0) is 4.79 Å². The predicted octanol–water partition coefficient (Wildman–Crippen LogP) is 3.72. The molecule has 0 amide bonds. The number of hydrogen-bond acceptors (Lipinski definition) is 2. The van der Waals surface area contributed by atoms with Gasteiger partial charge in [0.25, 0.3) is 0 Å². The molecular formula is C15H29NO2. The maximum Gasteiger partial charge on any atom is 0.323 e. The number of nitrogens with one attached hydrogen (secondary N) is 1. The highest BCUT2D eigenvalue weighted by molar-refractivity contribution is 5.79. The molecule has 0 radical (unpaired) electrons. The number of hydrogen-bond donors (Lipinski definition) is 2. The van der Waals surface area contributed by atoms with E-state index < -0.39 is 11.5 Å². The minimum Gasteiger partial charge on any atom is -0.480 e. The maximum absolute atomic E-state index is 11.1. The van der Waals surface area contributed by atoms with Crippen molar-refractivity contribution in [2.45, 2.75) is 83.1 Å². The van der Waals surface area contributed by atoms with Crippen LogP contribution in [0.15, 0.2) is 0 Å². The molecule has 0 spiro atoms. The molecule has 1 rings (SSSR count). The highest BCUT2D eigenvalue weighted by Crippen LogP contribution is 2.31. The first kappa shape index (κ1) is 15.5. The van der Waals surface area contributed by atoms with Gasteiger partial charge in [-0.05, 0) is 32.2 Å². The van der Waals surface area contributed by atoms with Crippen molar-refractivity contribution in [3.05, 3.63) is 0 Å². The van der Waals surface area contributed by atoms with Gasteiger partial charge in [0, 0.05) is 0 Å². The number of carboxylic acid groups (broad SMARTS) is 1. The summed E-state index contributed by atoms with van der Waals surface area (Å²) in [5.41, 5.74) is -0.568. The largest absolute Gasteiger partial charge is 0.480 e. The molecule has 1 saturated carbocycles. The van der Waals surface area contributed by atoms with Crippen LogP contribution in [-0.4, -0.2) is 23.2 Å². The van der Waals surface area contributed by atoms with Gasteiger partial charge in [0.15, 0.2) is 0 Å². The van der Waals surface area contributed by atoms with E-state index in [1.54, 1.807) is 0 Å². The summed E-state index contributed by atoms with van der Waals surface area (Å²) in [5, 5.41) is 12.4. The predicted molar refractivity (Wildman–Crippen MR) is 74.8 cm³/mol. The third kappa shape index (κ3) is 4.97. The van der Waals surface area contributed by atoms with Gasteiger partial charge in [-0.25, -0.2) is 0 Å². The summed E-state index contributed by atoms with van der Waals surface area (Å²) in [6, 6.07) is 0. The lowest BCUT2D eigenvalue weighted by Gasteiger charge is -2.38. The summed E-state index contributed by atoms with van der Waals surface area (Å²) in [4.78, 5) is 11.1. The zero-order valence-electron chi connectivity index (χ0n) is 11.8. The van der Waals surface area contributed by atoms with Gasteiger partial charge < -0.3 is 10.4 Å². The van der Waals surface area contributed by atoms with Gasteiger partial charge in [-0.3, -0.25) is 4.79 Å². The van der Waals surface area contributed by atoms with Crippen LogP contribution in [0.1, 0.15) is 77.6 Å². The Bertz CT molecular complexity index is 237. The van der Waals surface area contributed by atoms with E-state index in [1.807, 2.05) is 0 Å². The van der Waals surface area contributed by atoms with Crippen molar-refractivity contribution in [1.29, 1.82) is 0 Å². The quantitative estimate of drug-likeness (QED) is 0.553. The molecule has 3 nitrogen and oxygen atoms in total. The number of rotatable bonds is 11. The molecule has 1 fully saturated rings. The number of unbranched alkanes of at least 4 members (excludes halogenated alkanes) is 7. The maximum atomic E-state index is 11.1. The third-order valence-electron chi connectivity index (χ3n) is 4.11. The van der Waals surface area contributed by atoms with E-state index in [0.717, 1.165) is 32.2 Å². The lowest BCUT2D eigenvalue weighted by molar-refractivity contribution is -0.148. The fourth-order valence-electron chi connectivity index (χ4n) is 2.58. The lowest BCUT2D eigenvalue weighted by atomic mass is 9.77. The second kappa shape index (κ2) is 8.52. The van der Waals surface area contributed by atoms with Crippen LogP contribution in [0.4, 0.5) is 0 Å². The van der Waals surface area contributed by atoms with Gasteiger partial charge in [0.05, 0.1) is 0 Å². The fraction of sp³-hybridized carbons (Fsp3) is 0.933. The number of carbonyl (C=O) groups is 1. The Morgan fingerprint density at radius 3 is 2.06 bits per heavy atom. The molecule has 0 aromatic heterocycles. The summed E-state index contributed by atoms with van der Waals surface area (Å²) in [6.07, 6.45) is 13.0. The van der Waals surface area contributed by atoms with Gasteiger partial charge in [-0.15, -0.1) is 0 Å². The second-order valence-corrected chi connectivity index (χ2v) is 5.64. The monoisotopic (exact) mass is 255 g/mol. The third-order valence-corrected chi connectivity index (χ3v) is 4.11. The van der Waals surface area contributed by atoms with E-state index in [0.29, 0.717) is 0 Å². The van der Waals surface area contributed by atoms with E-state index in [1.165, 1.54) is 44.9 Å². The van der Waals surface area contributed by atoms with E-state index in [4.69, 9.17) is 5.11 Å². The highest BCUT2D eigenvalue weighted by atomic mass is 16.4. The van der Waals surface area contributed by atoms with Crippen molar-refractivity contribution in [1.82, 2.24) is 5.32 Å². The molecule has 0 atom stereocenters. The lowest BCUT2D eigenvalue weighted by Crippen LogP contribution is -2.57. The van der Waals surface area contributed by atoms with Crippen molar-refractivity contribution >= 4 is 5.97 Å². The number of carboxylic acids is 1. The molecule has 0 aliphatic heterocycles. The summed E-state index contributed by atoms with van der Waals surface area (Å²) in [6.45, 7) is 3.10. The molecule has 0 bridgehead atoms. The van der Waals surface area contributed by atoms with Crippen molar-refractivity contribution in [3.63, 3.8) is 0 Å². The summed E-state index contributed by atoms with van der Waals surface area (Å²) in [7, 11) is 0. The fourth-order valence-corrected chi connectivity index (χ4v) is 2.58. The summed E-state index contributed by atoms with van der Waals surface area (Å²) in [5.74, 6) is -0.659. The molecule has 0 heterocycles. The molecular weight excluding hydrogens is 226 g/mol. The Balaban J connectivity index is 1.91. The molecule has 106 valence electrons. The van der Waals surface area contributed by atoms with E-state index in [9.17, 15) is 4.79 Å². The van der Waals surface area contributed by atoms with Crippen molar-refractivity contribution < 1.29 is 9.90 Å². The first-order valence-corrected chi connectivity index (χ1v) is 7.70. The van der Waals surface area contributed by atoms with E-state index >= 15 is 0 Å². The summed E-state index contributed by atoms with van der Waals surface area (Å²) >= 11 is 0. The Morgan fingerprint density at radius 2 is 1.61 bits per heavy atom. The Kier molecular flexibility index (Phi) is 7.33. The average molecular weight is 255 g/mol. The van der Waals surface area contributed by atoms with E-state index in [-0.39, 0.29) is 0 Å². The standard InChI is InChI=1S/C15H29NO2/c1-2-3-4-5-6-7-8-9-13-16-15(14(17)18)11-10-12-15/h16H,2-13H2,1H3,(H,17,18). The van der Waals surface area contributed by atoms with Crippen LogP contribution < -0.4 is 5.32 Å². The molecule has 1 aliphatic rings. The molecule has 0 unspecified atom stereocenters. The first-order valence-electron chi connectivity index (χ1n) is 7.70. The molecule has 3 heteroatoms. The number of aliphatic carboxylic acids is 1. The van der Waals surface area contributed by atoms with Crippen LogP contribution in [0.2, 0.25) is 0 Å². The van der Waals surface area contributed by atoms with Crippen LogP contribution in [0, 0.1) is 0 Å².